The summed E-state index contributed by atoms with van der Waals surface area (Å²) < 4.78 is 164. The van der Waals surface area contributed by atoms with Gasteiger partial charge in [-0.05, 0) is 114 Å². The quantitative estimate of drug-likeness (QED) is 0.0139. The molecule has 1 aliphatic carbocycles. The number of nitrogens with zero attached hydrogens (tertiary/aromatic N) is 2. The fraction of sp³-hybridized carbons (Fsp3) is 0.582. The third-order valence-corrected chi connectivity index (χ3v) is 17.5. The van der Waals surface area contributed by atoms with E-state index in [9.17, 15) is 61.5 Å². The lowest BCUT2D eigenvalue weighted by molar-refractivity contribution is -0.437. The number of hydrogen-bond donors (Lipinski definition) is 6. The molecule has 0 fully saturated rings. The number of unbranched alkanes of at least 4 members (excludes halogenated alkanes) is 2. The van der Waals surface area contributed by atoms with Gasteiger partial charge in [0.15, 0.2) is 5.71 Å². The minimum Gasteiger partial charge on any atom is -0.446 e. The van der Waals surface area contributed by atoms with Crippen molar-refractivity contribution in [2.75, 3.05) is 95.4 Å². The molecular formula is C55H81N4O19S4+. The Morgan fingerprint density at radius 1 is 0.671 bits per heavy atom. The molecule has 0 radical (unpaired) electrons. The van der Waals surface area contributed by atoms with Crippen LogP contribution in [0.25, 0.3) is 0 Å². The van der Waals surface area contributed by atoms with Crippen LogP contribution in [0.5, 0.6) is 0 Å². The molecule has 0 spiro atoms. The molecule has 23 nitrogen and oxygen atoms in total. The highest BCUT2D eigenvalue weighted by Gasteiger charge is 2.46. The van der Waals surface area contributed by atoms with Crippen molar-refractivity contribution in [2.24, 2.45) is 0 Å². The maximum absolute atomic E-state index is 12.8. The topological polar surface area (TPSA) is 328 Å². The number of allylic oxidation sites excluding steroid dienone is 8. The molecule has 2 aromatic rings. The van der Waals surface area contributed by atoms with Crippen molar-refractivity contribution in [1.82, 2.24) is 10.6 Å². The van der Waals surface area contributed by atoms with E-state index >= 15 is 0 Å². The first kappa shape index (κ1) is 67.9. The summed E-state index contributed by atoms with van der Waals surface area (Å²) in [6.07, 6.45) is 19.5. The Balaban J connectivity index is 1.11. The summed E-state index contributed by atoms with van der Waals surface area (Å²) in [5.74, 6) is -1.24. The number of ether oxygens (including phenoxy) is 5. The zero-order chi connectivity index (χ0) is 60.0. The number of carbonyl (C=O) groups excluding carboxylic acids is 2. The molecule has 2 aliphatic heterocycles. The molecule has 27 heteroatoms. The Labute approximate surface area is 483 Å². The van der Waals surface area contributed by atoms with Gasteiger partial charge in [0.05, 0.1) is 79.6 Å². The molecule has 3 aliphatic rings. The minimum atomic E-state index is -4.65. The fourth-order valence-electron chi connectivity index (χ4n) is 10.1. The molecular weight excluding hydrogens is 1150 g/mol. The van der Waals surface area contributed by atoms with Gasteiger partial charge in [0, 0.05) is 67.0 Å². The highest BCUT2D eigenvalue weighted by molar-refractivity contribution is 7.86. The van der Waals surface area contributed by atoms with Crippen molar-refractivity contribution < 1.29 is 89.7 Å². The normalized spacial score (nSPS) is 19.4. The lowest BCUT2D eigenvalue weighted by Gasteiger charge is -2.30. The van der Waals surface area contributed by atoms with Crippen LogP contribution in [0.4, 0.5) is 16.2 Å². The summed E-state index contributed by atoms with van der Waals surface area (Å²) in [5, 5.41) is 5.57. The second-order valence-electron chi connectivity index (χ2n) is 20.8. The summed E-state index contributed by atoms with van der Waals surface area (Å²) >= 11 is 0. The average Bonchev–Trinajstić information content (AvgIpc) is 1.92. The molecule has 2 amide bonds. The maximum Gasteiger partial charge on any atom is 0.407 e. The standard InChI is InChI=1S/C55H80N4O19S4/c1-54(2)46-41-44(81(68,69)70)22-24-48(46)58(29-15-39-79(62,63)64)50(54)19-11-7-12-20-51-55(3,47-42-45(82(71,72)73)23-25-49(47)59(51)30-16-40-80(65,66)67)26-14-8-13-21-52(60)56-27-31-74-33-35-76-37-38-77-36-34-75-32-28-57-53(61)78-43-17-9-5-4-6-10-18-43/h4-5,7,11-12,19-20,22-25,41-43H,6,8-10,13-18,21,26-40H2,1-3H3,(H5-,56,57,60,61,62,63,64,65,66,67,68,69,70,71,72,73)/p+1/b5-4+. The third kappa shape index (κ3) is 21.9. The van der Waals surface area contributed by atoms with Gasteiger partial charge in [-0.1, -0.05) is 43.2 Å². The minimum absolute atomic E-state index is 0.00139. The number of nitrogens with one attached hydrogen (secondary N) is 2. The van der Waals surface area contributed by atoms with E-state index in [-0.39, 0.29) is 60.8 Å². The molecule has 6 N–H and O–H groups in total. The number of fused-ring (bicyclic) bond motifs is 2. The number of rotatable bonds is 35. The first-order valence-corrected chi connectivity index (χ1v) is 33.6. The highest BCUT2D eigenvalue weighted by Crippen LogP contribution is 2.51. The second kappa shape index (κ2) is 31.8. The van der Waals surface area contributed by atoms with Crippen LogP contribution >= 0.6 is 0 Å². The van der Waals surface area contributed by atoms with E-state index in [4.69, 9.17) is 23.7 Å². The number of carbonyl (C=O) groups is 2. The van der Waals surface area contributed by atoms with E-state index in [0.717, 1.165) is 32.1 Å². The summed E-state index contributed by atoms with van der Waals surface area (Å²) in [5.41, 5.74) is 1.76. The Morgan fingerprint density at radius 3 is 1.89 bits per heavy atom. The smallest absolute Gasteiger partial charge is 0.407 e. The van der Waals surface area contributed by atoms with E-state index in [2.05, 4.69) is 22.8 Å². The molecule has 0 saturated carbocycles. The molecule has 2 atom stereocenters. The first-order chi connectivity index (χ1) is 38.7. The Kier molecular flexibility index (Phi) is 26.4. The van der Waals surface area contributed by atoms with Gasteiger partial charge in [-0.3, -0.25) is 23.0 Å². The van der Waals surface area contributed by atoms with Crippen LogP contribution in [0.3, 0.4) is 0 Å². The number of amides is 2. The van der Waals surface area contributed by atoms with Crippen molar-refractivity contribution in [3.63, 3.8) is 0 Å². The number of anilines is 1. The van der Waals surface area contributed by atoms with Crippen LogP contribution in [0.1, 0.15) is 109 Å². The van der Waals surface area contributed by atoms with Gasteiger partial charge in [-0.25, -0.2) is 4.79 Å². The maximum atomic E-state index is 12.8. The molecule has 2 aromatic carbocycles. The van der Waals surface area contributed by atoms with Gasteiger partial charge in [-0.15, -0.1) is 0 Å². The molecule has 2 heterocycles. The van der Waals surface area contributed by atoms with Crippen molar-refractivity contribution in [3.05, 3.63) is 95.8 Å². The van der Waals surface area contributed by atoms with Gasteiger partial charge in [-0.2, -0.15) is 38.2 Å². The fourth-order valence-corrected chi connectivity index (χ4v) is 12.1. The van der Waals surface area contributed by atoms with Gasteiger partial charge in [0.1, 0.15) is 12.6 Å². The molecule has 2 unspecified atom stereocenters. The summed E-state index contributed by atoms with van der Waals surface area (Å²) in [4.78, 5) is 26.0. The van der Waals surface area contributed by atoms with Crippen molar-refractivity contribution >= 4 is 69.6 Å². The Hall–Kier alpha value is -4.91. The summed E-state index contributed by atoms with van der Waals surface area (Å²) in [6, 6.07) is 8.30. The summed E-state index contributed by atoms with van der Waals surface area (Å²) in [7, 11) is -17.8. The Bertz CT molecular complexity index is 3100. The Morgan fingerprint density at radius 2 is 1.26 bits per heavy atom. The molecule has 0 bridgehead atoms. The molecule has 0 saturated heterocycles. The van der Waals surface area contributed by atoms with Crippen molar-refractivity contribution in [2.45, 2.75) is 125 Å². The van der Waals surface area contributed by atoms with E-state index in [1.54, 1.807) is 30.4 Å². The zero-order valence-corrected chi connectivity index (χ0v) is 50.2. The van der Waals surface area contributed by atoms with Gasteiger partial charge < -0.3 is 39.2 Å². The van der Waals surface area contributed by atoms with Crippen LogP contribution in [-0.4, -0.2) is 171 Å². The first-order valence-electron chi connectivity index (χ1n) is 27.5. The summed E-state index contributed by atoms with van der Waals surface area (Å²) in [6.45, 7) is 9.19. The molecule has 5 rings (SSSR count). The predicted molar refractivity (Wildman–Crippen MR) is 308 cm³/mol. The van der Waals surface area contributed by atoms with E-state index in [0.29, 0.717) is 119 Å². The van der Waals surface area contributed by atoms with Crippen LogP contribution in [0, 0.1) is 0 Å². The van der Waals surface area contributed by atoms with Gasteiger partial charge in [0.2, 0.25) is 11.6 Å². The average molecular weight is 1230 g/mol. The van der Waals surface area contributed by atoms with E-state index in [1.807, 2.05) is 30.2 Å². The lowest BCUT2D eigenvalue weighted by Crippen LogP contribution is -2.31. The molecule has 458 valence electrons. The van der Waals surface area contributed by atoms with Crippen molar-refractivity contribution in [3.8, 4) is 0 Å². The van der Waals surface area contributed by atoms with Crippen LogP contribution in [-0.2, 0) is 79.8 Å². The van der Waals surface area contributed by atoms with E-state index < -0.39 is 68.9 Å². The number of benzene rings is 2. The molecule has 0 aromatic heterocycles. The van der Waals surface area contributed by atoms with Crippen LogP contribution < -0.4 is 15.5 Å². The third-order valence-electron chi connectivity index (χ3n) is 14.2. The largest absolute Gasteiger partial charge is 0.446 e. The second-order valence-corrected chi connectivity index (χ2v) is 26.8. The van der Waals surface area contributed by atoms with E-state index in [1.165, 1.54) is 36.4 Å². The molecule has 82 heavy (non-hydrogen) atoms. The van der Waals surface area contributed by atoms with Gasteiger partial charge in [0.25, 0.3) is 40.5 Å². The predicted octanol–water partition coefficient (Wildman–Crippen LogP) is 6.63. The SMILES string of the molecule is CC1(C)C(/C=C/C=C/C=C2/N(CCCS(=O)(=O)O)c3ccc(S(=O)(=O)O)cc3C2(C)CCCCCC(=O)NCCOCCOCCOCCOCCNC(=O)OC2CC/C=C/CCC2)=[N+](CCCS(=O)(=O)O)c2ccc(S(=O)(=O)O)cc21. The zero-order valence-electron chi connectivity index (χ0n) is 46.9. The van der Waals surface area contributed by atoms with Gasteiger partial charge >= 0.3 is 6.09 Å². The monoisotopic (exact) mass is 1230 g/mol. The van der Waals surface area contributed by atoms with Crippen LogP contribution in [0.15, 0.2) is 94.4 Å². The van der Waals surface area contributed by atoms with Crippen LogP contribution in [0.2, 0.25) is 0 Å². The number of alkyl carbamates (subject to hydrolysis) is 1. The lowest BCUT2D eigenvalue weighted by atomic mass is 9.77. The number of hydrogen-bond acceptors (Lipinski definition) is 16. The van der Waals surface area contributed by atoms with Crippen molar-refractivity contribution in [1.29, 1.82) is 0 Å². The highest BCUT2D eigenvalue weighted by atomic mass is 32.2.